The summed E-state index contributed by atoms with van der Waals surface area (Å²) in [6.07, 6.45) is 16.0. The number of allylic oxidation sites excluding steroid dienone is 3. The molecule has 4 rings (SSSR count). The van der Waals surface area contributed by atoms with E-state index in [1.54, 1.807) is 6.21 Å². The fourth-order valence-electron chi connectivity index (χ4n) is 4.19. The van der Waals surface area contributed by atoms with Crippen molar-refractivity contribution in [3.05, 3.63) is 35.6 Å². The first kappa shape index (κ1) is 22.3. The van der Waals surface area contributed by atoms with Crippen LogP contribution >= 0.6 is 0 Å². The molecule has 0 aromatic carbocycles. The lowest BCUT2D eigenvalue weighted by atomic mass is 10.0. The van der Waals surface area contributed by atoms with E-state index in [-0.39, 0.29) is 12.6 Å². The lowest BCUT2D eigenvalue weighted by Crippen LogP contribution is -2.41. The maximum atomic E-state index is 9.56. The molecule has 1 aliphatic heterocycles. The van der Waals surface area contributed by atoms with Crippen LogP contribution in [0.25, 0.3) is 5.65 Å². The zero-order chi connectivity index (χ0) is 22.3. The molecule has 2 aromatic heterocycles. The molecule has 9 heteroatoms. The van der Waals surface area contributed by atoms with Crippen molar-refractivity contribution in [3.8, 4) is 0 Å². The third-order valence-corrected chi connectivity index (χ3v) is 6.02. The highest BCUT2D eigenvalue weighted by Crippen LogP contribution is 2.42. The Balaban J connectivity index is 1.68. The fraction of sp³-hybridized carbons (Fsp3) is 0.565. The highest BCUT2D eigenvalue weighted by Gasteiger charge is 2.30. The number of anilines is 2. The van der Waals surface area contributed by atoms with E-state index in [0.717, 1.165) is 37.0 Å². The first-order valence-corrected chi connectivity index (χ1v) is 11.5. The van der Waals surface area contributed by atoms with Crippen LogP contribution in [0.4, 0.5) is 11.9 Å². The van der Waals surface area contributed by atoms with Gasteiger partial charge in [-0.2, -0.15) is 19.6 Å². The second kappa shape index (κ2) is 10.6. The third kappa shape index (κ3) is 5.09. The molecule has 172 valence electrons. The summed E-state index contributed by atoms with van der Waals surface area (Å²) in [5.41, 5.74) is 3.01. The summed E-state index contributed by atoms with van der Waals surface area (Å²) in [4.78, 5) is 17.0. The van der Waals surface area contributed by atoms with Gasteiger partial charge in [0.05, 0.1) is 12.4 Å². The van der Waals surface area contributed by atoms with E-state index >= 15 is 0 Å². The highest BCUT2D eigenvalue weighted by atomic mass is 16.6. The molecule has 0 radical (unpaired) electrons. The summed E-state index contributed by atoms with van der Waals surface area (Å²) in [5, 5.41) is 21.5. The molecule has 1 saturated heterocycles. The van der Waals surface area contributed by atoms with E-state index in [0.29, 0.717) is 24.4 Å². The lowest BCUT2D eigenvalue weighted by molar-refractivity contribution is 0.215. The standard InChI is InChI=1S/C23H33N7O2/c1-3-4-7-17(15-26-32-2)14-24-22-28-23(29-12-6-5-8-19(29)11-13-31)27-21-20(18-9-10-18)16-25-30(21)22/h3-4,7,15-16,18-19,31H,5-6,8-14H2,1-2H3,(H,24,27,28)/b4-3-,17-7-,26-15+/t19-/m0/s1. The molecule has 2 aromatic rings. The molecule has 9 nitrogen and oxygen atoms in total. The molecule has 32 heavy (non-hydrogen) atoms. The van der Waals surface area contributed by atoms with E-state index < -0.39 is 0 Å². The Labute approximate surface area is 188 Å². The average Bonchev–Trinajstić information content (AvgIpc) is 3.57. The fourth-order valence-corrected chi connectivity index (χ4v) is 4.19. The highest BCUT2D eigenvalue weighted by molar-refractivity contribution is 5.79. The largest absolute Gasteiger partial charge is 0.399 e. The minimum atomic E-state index is 0.173. The van der Waals surface area contributed by atoms with Crippen molar-refractivity contribution in [2.75, 3.05) is 37.0 Å². The van der Waals surface area contributed by atoms with Crippen LogP contribution in [0.3, 0.4) is 0 Å². The molecule has 2 N–H and O–H groups in total. The number of piperidine rings is 1. The molecular formula is C23H33N7O2. The number of aliphatic hydroxyl groups excluding tert-OH is 1. The molecule has 3 heterocycles. The Bertz CT molecular complexity index is 992. The summed E-state index contributed by atoms with van der Waals surface area (Å²) in [5.74, 6) is 1.91. The summed E-state index contributed by atoms with van der Waals surface area (Å²) < 4.78 is 1.81. The van der Waals surface area contributed by atoms with Gasteiger partial charge in [0, 0.05) is 31.3 Å². The molecule has 2 fully saturated rings. The number of hydrogen-bond donors (Lipinski definition) is 2. The number of nitrogens with zero attached hydrogens (tertiary/aromatic N) is 6. The van der Waals surface area contributed by atoms with Crippen LogP contribution in [0.5, 0.6) is 0 Å². The number of oxime groups is 1. The van der Waals surface area contributed by atoms with Crippen LogP contribution < -0.4 is 10.2 Å². The normalized spacial score (nSPS) is 20.0. The van der Waals surface area contributed by atoms with Gasteiger partial charge in [-0.15, -0.1) is 0 Å². The van der Waals surface area contributed by atoms with Gasteiger partial charge in [-0.3, -0.25) is 0 Å². The Morgan fingerprint density at radius 1 is 1.31 bits per heavy atom. The average molecular weight is 440 g/mol. The predicted molar refractivity (Wildman–Crippen MR) is 126 cm³/mol. The molecule has 1 atom stereocenters. The van der Waals surface area contributed by atoms with Crippen LogP contribution in [0.2, 0.25) is 0 Å². The number of hydrogen-bond acceptors (Lipinski definition) is 8. The number of rotatable bonds is 10. The van der Waals surface area contributed by atoms with Gasteiger partial charge < -0.3 is 20.2 Å². The molecule has 0 spiro atoms. The quantitative estimate of drug-likeness (QED) is 0.333. The van der Waals surface area contributed by atoms with Gasteiger partial charge in [-0.05, 0) is 56.9 Å². The molecule has 2 aliphatic rings. The maximum absolute atomic E-state index is 9.56. The summed E-state index contributed by atoms with van der Waals surface area (Å²) in [6, 6.07) is 0.260. The second-order valence-corrected chi connectivity index (χ2v) is 8.35. The monoisotopic (exact) mass is 439 g/mol. The molecule has 1 aliphatic carbocycles. The van der Waals surface area contributed by atoms with Gasteiger partial charge in [-0.1, -0.05) is 23.4 Å². The molecule has 0 amide bonds. The zero-order valence-electron chi connectivity index (χ0n) is 18.9. The molecule has 0 unspecified atom stereocenters. The van der Waals surface area contributed by atoms with Crippen molar-refractivity contribution >= 4 is 23.8 Å². The lowest BCUT2D eigenvalue weighted by Gasteiger charge is -2.35. The van der Waals surface area contributed by atoms with Gasteiger partial charge in [0.15, 0.2) is 5.65 Å². The van der Waals surface area contributed by atoms with Crippen molar-refractivity contribution in [1.29, 1.82) is 0 Å². The predicted octanol–water partition coefficient (Wildman–Crippen LogP) is 3.29. The Hall–Kier alpha value is -2.94. The number of nitrogens with one attached hydrogen (secondary N) is 1. The molecular weight excluding hydrogens is 406 g/mol. The van der Waals surface area contributed by atoms with E-state index in [1.165, 1.54) is 31.9 Å². The van der Waals surface area contributed by atoms with E-state index in [1.807, 2.05) is 35.9 Å². The van der Waals surface area contributed by atoms with Crippen molar-refractivity contribution in [2.45, 2.75) is 57.4 Å². The molecule has 0 bridgehead atoms. The van der Waals surface area contributed by atoms with Gasteiger partial charge in [-0.25, -0.2) is 0 Å². The van der Waals surface area contributed by atoms with Crippen LogP contribution in [0.15, 0.2) is 35.2 Å². The van der Waals surface area contributed by atoms with E-state index in [2.05, 4.69) is 20.5 Å². The van der Waals surface area contributed by atoms with Gasteiger partial charge >= 0.3 is 0 Å². The summed E-state index contributed by atoms with van der Waals surface area (Å²) in [6.45, 7) is 3.56. The smallest absolute Gasteiger partial charge is 0.230 e. The van der Waals surface area contributed by atoms with Crippen LogP contribution in [-0.2, 0) is 4.84 Å². The molecule has 1 saturated carbocycles. The minimum absolute atomic E-state index is 0.173. The van der Waals surface area contributed by atoms with Gasteiger partial charge in [0.2, 0.25) is 11.9 Å². The van der Waals surface area contributed by atoms with Crippen LogP contribution in [-0.4, -0.2) is 63.8 Å². The third-order valence-electron chi connectivity index (χ3n) is 6.02. The van der Waals surface area contributed by atoms with Crippen molar-refractivity contribution in [3.63, 3.8) is 0 Å². The Morgan fingerprint density at radius 3 is 2.94 bits per heavy atom. The van der Waals surface area contributed by atoms with Crippen molar-refractivity contribution < 1.29 is 9.94 Å². The van der Waals surface area contributed by atoms with Gasteiger partial charge in [0.25, 0.3) is 0 Å². The Kier molecular flexibility index (Phi) is 7.36. The summed E-state index contributed by atoms with van der Waals surface area (Å²) >= 11 is 0. The maximum Gasteiger partial charge on any atom is 0.230 e. The number of aliphatic hydroxyl groups is 1. The van der Waals surface area contributed by atoms with Crippen molar-refractivity contribution in [2.24, 2.45) is 5.16 Å². The first-order valence-electron chi connectivity index (χ1n) is 11.5. The van der Waals surface area contributed by atoms with E-state index in [9.17, 15) is 5.11 Å². The van der Waals surface area contributed by atoms with E-state index in [4.69, 9.17) is 14.8 Å². The SMILES string of the molecule is C\C=C/C=C(\C=N\OC)CNc1nc(N2CCCC[C@H]2CCO)nc2c(C3CC3)cnn12. The van der Waals surface area contributed by atoms with Crippen LogP contribution in [0, 0.1) is 0 Å². The zero-order valence-corrected chi connectivity index (χ0v) is 18.9. The Morgan fingerprint density at radius 2 is 2.19 bits per heavy atom. The summed E-state index contributed by atoms with van der Waals surface area (Å²) in [7, 11) is 1.53. The van der Waals surface area contributed by atoms with Crippen LogP contribution in [0.1, 0.15) is 56.9 Å². The topological polar surface area (TPSA) is 100 Å². The van der Waals surface area contributed by atoms with Crippen molar-refractivity contribution in [1.82, 2.24) is 19.6 Å². The van der Waals surface area contributed by atoms with Gasteiger partial charge in [0.1, 0.15) is 7.11 Å². The number of fused-ring (bicyclic) bond motifs is 1. The number of aromatic nitrogens is 4. The second-order valence-electron chi connectivity index (χ2n) is 8.35. The minimum Gasteiger partial charge on any atom is -0.399 e. The first-order chi connectivity index (χ1) is 15.7.